The molecule has 0 unspecified atom stereocenters. The number of hydrogen-bond acceptors (Lipinski definition) is 3. The second-order valence-corrected chi connectivity index (χ2v) is 5.83. The molecule has 1 heterocycles. The number of carboxylic acid groups (broad SMARTS) is 1. The number of halogens is 1. The molecule has 1 atom stereocenters. The van der Waals surface area contributed by atoms with E-state index in [1.165, 1.54) is 0 Å². The van der Waals surface area contributed by atoms with E-state index in [1.807, 2.05) is 32.0 Å². The van der Waals surface area contributed by atoms with E-state index < -0.39 is 5.97 Å². The maximum atomic E-state index is 11.2. The summed E-state index contributed by atoms with van der Waals surface area (Å²) in [4.78, 5) is 11.2. The van der Waals surface area contributed by atoms with E-state index >= 15 is 0 Å². The van der Waals surface area contributed by atoms with Crippen LogP contribution in [-0.4, -0.2) is 20.9 Å². The van der Waals surface area contributed by atoms with Crippen molar-refractivity contribution in [2.45, 2.75) is 32.9 Å². The van der Waals surface area contributed by atoms with Crippen molar-refractivity contribution in [3.8, 4) is 0 Å². The monoisotopic (exact) mass is 321 g/mol. The van der Waals surface area contributed by atoms with Crippen LogP contribution >= 0.6 is 11.6 Å². The summed E-state index contributed by atoms with van der Waals surface area (Å²) in [5, 5.41) is 17.3. The Balaban J connectivity index is 2.21. The molecule has 0 bridgehead atoms. The molecule has 1 aromatic heterocycles. The third-order valence-electron chi connectivity index (χ3n) is 3.77. The molecule has 0 aliphatic heterocycles. The summed E-state index contributed by atoms with van der Waals surface area (Å²) in [6.07, 6.45) is 1.73. The molecule has 0 saturated heterocycles. The molecule has 6 heteroatoms. The Kier molecular flexibility index (Phi) is 5.21. The second-order valence-electron chi connectivity index (χ2n) is 5.42. The molecule has 2 N–H and O–H groups in total. The van der Waals surface area contributed by atoms with Gasteiger partial charge in [-0.05, 0) is 30.5 Å². The third-order valence-corrected chi connectivity index (χ3v) is 4.09. The summed E-state index contributed by atoms with van der Waals surface area (Å²) >= 11 is 6.10. The Bertz CT molecular complexity index is 682. The van der Waals surface area contributed by atoms with Crippen molar-refractivity contribution in [1.82, 2.24) is 15.1 Å². The highest BCUT2D eigenvalue weighted by atomic mass is 35.5. The Morgan fingerprint density at radius 2 is 2.18 bits per heavy atom. The molecule has 118 valence electrons. The van der Waals surface area contributed by atoms with Gasteiger partial charge in [-0.1, -0.05) is 29.8 Å². The van der Waals surface area contributed by atoms with Gasteiger partial charge >= 0.3 is 5.97 Å². The summed E-state index contributed by atoms with van der Waals surface area (Å²) in [5.41, 5.74) is 3.96. The third kappa shape index (κ3) is 3.87. The molecule has 0 fully saturated rings. The number of nitrogens with one attached hydrogen (secondary N) is 1. The standard InChI is InChI=1S/C16H20ClN3O2/c1-10-5-4-6-12(11(10)2)14(7-16(21)22)18-8-15-13(17)9-20(3)19-15/h4-6,9,14,18H,7-8H2,1-3H3,(H,21,22)/t14-/m1/s1. The van der Waals surface area contributed by atoms with Crippen molar-refractivity contribution in [3.63, 3.8) is 0 Å². The van der Waals surface area contributed by atoms with Crippen LogP contribution in [0.15, 0.2) is 24.4 Å². The Labute approximate surface area is 134 Å². The molecule has 5 nitrogen and oxygen atoms in total. The lowest BCUT2D eigenvalue weighted by Gasteiger charge is -2.20. The van der Waals surface area contributed by atoms with Crippen LogP contribution in [0.4, 0.5) is 0 Å². The molecular weight excluding hydrogens is 302 g/mol. The number of carboxylic acids is 1. The first-order valence-corrected chi connectivity index (χ1v) is 7.45. The Morgan fingerprint density at radius 3 is 2.77 bits per heavy atom. The molecule has 1 aromatic carbocycles. The van der Waals surface area contributed by atoms with Gasteiger partial charge in [-0.2, -0.15) is 5.10 Å². The van der Waals surface area contributed by atoms with E-state index in [2.05, 4.69) is 10.4 Å². The zero-order valence-corrected chi connectivity index (χ0v) is 13.7. The molecule has 2 rings (SSSR count). The predicted octanol–water partition coefficient (Wildman–Crippen LogP) is 3.00. The van der Waals surface area contributed by atoms with Gasteiger partial charge < -0.3 is 10.4 Å². The van der Waals surface area contributed by atoms with Gasteiger partial charge in [0.05, 0.1) is 17.1 Å². The van der Waals surface area contributed by atoms with Crippen LogP contribution in [0, 0.1) is 13.8 Å². The van der Waals surface area contributed by atoms with Gasteiger partial charge in [0.1, 0.15) is 0 Å². The smallest absolute Gasteiger partial charge is 0.305 e. The molecule has 0 radical (unpaired) electrons. The predicted molar refractivity (Wildman–Crippen MR) is 86.0 cm³/mol. The quantitative estimate of drug-likeness (QED) is 0.858. The Morgan fingerprint density at radius 1 is 1.45 bits per heavy atom. The van der Waals surface area contributed by atoms with Gasteiger partial charge in [0, 0.05) is 25.8 Å². The average molecular weight is 322 g/mol. The molecule has 2 aromatic rings. The lowest BCUT2D eigenvalue weighted by molar-refractivity contribution is -0.137. The van der Waals surface area contributed by atoms with E-state index in [0.717, 1.165) is 16.7 Å². The van der Waals surface area contributed by atoms with Gasteiger partial charge in [-0.25, -0.2) is 0 Å². The first-order valence-electron chi connectivity index (χ1n) is 7.07. The fourth-order valence-corrected chi connectivity index (χ4v) is 2.71. The second kappa shape index (κ2) is 6.94. The zero-order valence-electron chi connectivity index (χ0n) is 12.9. The number of carbonyl (C=O) groups is 1. The van der Waals surface area contributed by atoms with Crippen molar-refractivity contribution < 1.29 is 9.90 Å². The van der Waals surface area contributed by atoms with Gasteiger partial charge in [-0.3, -0.25) is 9.48 Å². The number of hydrogen-bond donors (Lipinski definition) is 2. The topological polar surface area (TPSA) is 67.2 Å². The molecular formula is C16H20ClN3O2. The minimum atomic E-state index is -0.842. The van der Waals surface area contributed by atoms with Crippen molar-refractivity contribution in [2.75, 3.05) is 0 Å². The van der Waals surface area contributed by atoms with Gasteiger partial charge in [0.2, 0.25) is 0 Å². The van der Waals surface area contributed by atoms with Crippen molar-refractivity contribution in [2.24, 2.45) is 7.05 Å². The highest BCUT2D eigenvalue weighted by molar-refractivity contribution is 6.31. The zero-order chi connectivity index (χ0) is 16.3. The molecule has 0 spiro atoms. The normalized spacial score (nSPS) is 12.4. The first-order chi connectivity index (χ1) is 10.4. The van der Waals surface area contributed by atoms with Crippen LogP contribution in [-0.2, 0) is 18.4 Å². The van der Waals surface area contributed by atoms with Gasteiger partial charge in [-0.15, -0.1) is 0 Å². The fraction of sp³-hybridized carbons (Fsp3) is 0.375. The summed E-state index contributed by atoms with van der Waals surface area (Å²) in [5.74, 6) is -0.842. The van der Waals surface area contributed by atoms with Crippen molar-refractivity contribution >= 4 is 17.6 Å². The van der Waals surface area contributed by atoms with Crippen LogP contribution in [0.25, 0.3) is 0 Å². The molecule has 0 amide bonds. The van der Waals surface area contributed by atoms with E-state index in [9.17, 15) is 9.90 Å². The number of aliphatic carboxylic acids is 1. The number of rotatable bonds is 6. The van der Waals surface area contributed by atoms with Gasteiger partial charge in [0.25, 0.3) is 0 Å². The number of nitrogens with zero attached hydrogens (tertiary/aromatic N) is 2. The Hall–Kier alpha value is -1.85. The number of aryl methyl sites for hydroxylation is 2. The SMILES string of the molecule is Cc1cccc([C@@H](CC(=O)O)NCc2nn(C)cc2Cl)c1C. The van der Waals surface area contributed by atoms with E-state index in [1.54, 1.807) is 17.9 Å². The van der Waals surface area contributed by atoms with Gasteiger partial charge in [0.15, 0.2) is 0 Å². The van der Waals surface area contributed by atoms with E-state index in [4.69, 9.17) is 11.6 Å². The molecule has 22 heavy (non-hydrogen) atoms. The van der Waals surface area contributed by atoms with Crippen molar-refractivity contribution in [1.29, 1.82) is 0 Å². The average Bonchev–Trinajstić information content (AvgIpc) is 2.76. The minimum Gasteiger partial charge on any atom is -0.481 e. The van der Waals surface area contributed by atoms with Crippen LogP contribution in [0.1, 0.15) is 34.8 Å². The fourth-order valence-electron chi connectivity index (χ4n) is 2.46. The maximum absolute atomic E-state index is 11.2. The van der Waals surface area contributed by atoms with E-state index in [-0.39, 0.29) is 12.5 Å². The maximum Gasteiger partial charge on any atom is 0.305 e. The van der Waals surface area contributed by atoms with E-state index in [0.29, 0.717) is 17.3 Å². The summed E-state index contributed by atoms with van der Waals surface area (Å²) in [6.45, 7) is 4.45. The number of benzene rings is 1. The van der Waals surface area contributed by atoms with Crippen LogP contribution in [0.5, 0.6) is 0 Å². The summed E-state index contributed by atoms with van der Waals surface area (Å²) in [7, 11) is 1.80. The lowest BCUT2D eigenvalue weighted by atomic mass is 9.95. The van der Waals surface area contributed by atoms with Crippen LogP contribution < -0.4 is 5.32 Å². The highest BCUT2D eigenvalue weighted by Gasteiger charge is 2.18. The summed E-state index contributed by atoms with van der Waals surface area (Å²) < 4.78 is 1.64. The highest BCUT2D eigenvalue weighted by Crippen LogP contribution is 2.24. The minimum absolute atomic E-state index is 0.00868. The lowest BCUT2D eigenvalue weighted by Crippen LogP contribution is -2.25. The first kappa shape index (κ1) is 16.5. The molecule has 0 saturated carbocycles. The van der Waals surface area contributed by atoms with Crippen LogP contribution in [0.3, 0.4) is 0 Å². The molecule has 0 aliphatic carbocycles. The molecule has 0 aliphatic rings. The largest absolute Gasteiger partial charge is 0.481 e. The number of aromatic nitrogens is 2. The van der Waals surface area contributed by atoms with Crippen molar-refractivity contribution in [3.05, 3.63) is 51.8 Å². The van der Waals surface area contributed by atoms with Crippen LogP contribution in [0.2, 0.25) is 5.02 Å². The summed E-state index contributed by atoms with van der Waals surface area (Å²) in [6, 6.07) is 5.65.